The molecule has 0 atom stereocenters. The number of hydrogen-bond donors (Lipinski definition) is 1. The SMILES string of the molecule is CC1=CCN(C(=O)CCS)CC1. The third-order valence-electron chi connectivity index (χ3n) is 2.11. The number of amides is 1. The molecule has 1 amide bonds. The van der Waals surface area contributed by atoms with Crippen LogP contribution >= 0.6 is 12.6 Å². The number of thiol groups is 1. The van der Waals surface area contributed by atoms with Gasteiger partial charge in [-0.3, -0.25) is 4.79 Å². The molecule has 0 aromatic carbocycles. The fourth-order valence-corrected chi connectivity index (χ4v) is 1.44. The van der Waals surface area contributed by atoms with Crippen molar-refractivity contribution in [2.75, 3.05) is 18.8 Å². The van der Waals surface area contributed by atoms with E-state index in [1.165, 1.54) is 5.57 Å². The molecule has 0 unspecified atom stereocenters. The molecule has 1 rings (SSSR count). The fourth-order valence-electron chi connectivity index (χ4n) is 1.25. The van der Waals surface area contributed by atoms with Crippen LogP contribution in [0.5, 0.6) is 0 Å². The summed E-state index contributed by atoms with van der Waals surface area (Å²) in [5.74, 6) is 0.881. The number of carbonyl (C=O) groups excluding carboxylic acids is 1. The van der Waals surface area contributed by atoms with Gasteiger partial charge in [0.05, 0.1) is 0 Å². The first-order valence-electron chi connectivity index (χ1n) is 4.28. The van der Waals surface area contributed by atoms with Gasteiger partial charge < -0.3 is 4.90 Å². The van der Waals surface area contributed by atoms with Crippen LogP contribution in [0.15, 0.2) is 11.6 Å². The summed E-state index contributed by atoms with van der Waals surface area (Å²) in [5.41, 5.74) is 1.39. The summed E-state index contributed by atoms with van der Waals surface area (Å²) in [4.78, 5) is 13.2. The minimum Gasteiger partial charge on any atom is -0.339 e. The van der Waals surface area contributed by atoms with Gasteiger partial charge in [0.25, 0.3) is 0 Å². The first kappa shape index (κ1) is 9.65. The van der Waals surface area contributed by atoms with E-state index in [0.29, 0.717) is 12.2 Å². The Morgan fingerprint density at radius 3 is 3.00 bits per heavy atom. The van der Waals surface area contributed by atoms with Crippen molar-refractivity contribution in [2.45, 2.75) is 19.8 Å². The maximum Gasteiger partial charge on any atom is 0.223 e. The molecule has 0 radical (unpaired) electrons. The fraction of sp³-hybridized carbons (Fsp3) is 0.667. The number of carbonyl (C=O) groups is 1. The highest BCUT2D eigenvalue weighted by Crippen LogP contribution is 2.10. The monoisotopic (exact) mass is 185 g/mol. The summed E-state index contributed by atoms with van der Waals surface area (Å²) in [6.45, 7) is 3.79. The van der Waals surface area contributed by atoms with Gasteiger partial charge in [-0.1, -0.05) is 11.6 Å². The van der Waals surface area contributed by atoms with Gasteiger partial charge >= 0.3 is 0 Å². The van der Waals surface area contributed by atoms with Gasteiger partial charge in [-0.15, -0.1) is 0 Å². The summed E-state index contributed by atoms with van der Waals surface area (Å²) >= 11 is 4.03. The number of hydrogen-bond acceptors (Lipinski definition) is 2. The Morgan fingerprint density at radius 1 is 1.75 bits per heavy atom. The number of nitrogens with zero attached hydrogens (tertiary/aromatic N) is 1. The standard InChI is InChI=1S/C9H15NOS/c1-8-2-5-10(6-3-8)9(11)4-7-12/h2,12H,3-7H2,1H3. The van der Waals surface area contributed by atoms with Crippen LogP contribution < -0.4 is 0 Å². The molecule has 3 heteroatoms. The lowest BCUT2D eigenvalue weighted by atomic mass is 10.1. The highest BCUT2D eigenvalue weighted by molar-refractivity contribution is 7.80. The molecule has 0 aromatic heterocycles. The van der Waals surface area contributed by atoms with E-state index in [4.69, 9.17) is 0 Å². The zero-order valence-corrected chi connectivity index (χ0v) is 8.31. The first-order valence-corrected chi connectivity index (χ1v) is 4.91. The van der Waals surface area contributed by atoms with Gasteiger partial charge in [0.2, 0.25) is 5.91 Å². The molecule has 0 aromatic rings. The van der Waals surface area contributed by atoms with Crippen LogP contribution in [0.25, 0.3) is 0 Å². The molecule has 1 heterocycles. The van der Waals surface area contributed by atoms with E-state index in [2.05, 4.69) is 25.6 Å². The van der Waals surface area contributed by atoms with Crippen molar-refractivity contribution in [2.24, 2.45) is 0 Å². The molecule has 0 bridgehead atoms. The minimum atomic E-state index is 0.230. The lowest BCUT2D eigenvalue weighted by molar-refractivity contribution is -0.130. The topological polar surface area (TPSA) is 20.3 Å². The van der Waals surface area contributed by atoms with Crippen molar-refractivity contribution in [1.29, 1.82) is 0 Å². The molecule has 0 aliphatic carbocycles. The summed E-state index contributed by atoms with van der Waals surface area (Å²) < 4.78 is 0. The second-order valence-corrected chi connectivity index (χ2v) is 3.56. The molecule has 0 saturated carbocycles. The van der Waals surface area contributed by atoms with Crippen LogP contribution in [0.4, 0.5) is 0 Å². The second-order valence-electron chi connectivity index (χ2n) is 3.11. The Kier molecular flexibility index (Phi) is 3.66. The van der Waals surface area contributed by atoms with Crippen molar-refractivity contribution in [3.05, 3.63) is 11.6 Å². The third kappa shape index (κ3) is 2.55. The lowest BCUT2D eigenvalue weighted by Crippen LogP contribution is -2.34. The molecule has 0 fully saturated rings. The van der Waals surface area contributed by atoms with Gasteiger partial charge in [0.15, 0.2) is 0 Å². The van der Waals surface area contributed by atoms with Gasteiger partial charge in [-0.05, 0) is 19.1 Å². The Balaban J connectivity index is 2.40. The van der Waals surface area contributed by atoms with Gasteiger partial charge in [-0.2, -0.15) is 12.6 Å². The Hall–Kier alpha value is -0.440. The molecule has 12 heavy (non-hydrogen) atoms. The van der Waals surface area contributed by atoms with Gasteiger partial charge in [0, 0.05) is 19.5 Å². The molecule has 0 N–H and O–H groups in total. The summed E-state index contributed by atoms with van der Waals surface area (Å²) in [7, 11) is 0. The highest BCUT2D eigenvalue weighted by Gasteiger charge is 2.13. The van der Waals surface area contributed by atoms with E-state index < -0.39 is 0 Å². The quantitative estimate of drug-likeness (QED) is 0.510. The van der Waals surface area contributed by atoms with Crippen LogP contribution in [0, 0.1) is 0 Å². The zero-order chi connectivity index (χ0) is 8.97. The van der Waals surface area contributed by atoms with E-state index >= 15 is 0 Å². The summed E-state index contributed by atoms with van der Waals surface area (Å²) in [6.07, 6.45) is 3.72. The second kappa shape index (κ2) is 4.55. The van der Waals surface area contributed by atoms with Crippen LogP contribution in [0.2, 0.25) is 0 Å². The van der Waals surface area contributed by atoms with Gasteiger partial charge in [0.1, 0.15) is 0 Å². The molecule has 1 aliphatic rings. The van der Waals surface area contributed by atoms with E-state index in [1.807, 2.05) is 4.90 Å². The Labute approximate surface area is 79.0 Å². The molecule has 0 saturated heterocycles. The number of rotatable bonds is 2. The van der Waals surface area contributed by atoms with E-state index in [-0.39, 0.29) is 5.91 Å². The van der Waals surface area contributed by atoms with Crippen LogP contribution in [0.1, 0.15) is 19.8 Å². The third-order valence-corrected chi connectivity index (χ3v) is 2.34. The van der Waals surface area contributed by atoms with E-state index in [0.717, 1.165) is 19.5 Å². The lowest BCUT2D eigenvalue weighted by Gasteiger charge is -2.25. The highest BCUT2D eigenvalue weighted by atomic mass is 32.1. The maximum absolute atomic E-state index is 11.4. The average molecular weight is 185 g/mol. The molecular weight excluding hydrogens is 170 g/mol. The van der Waals surface area contributed by atoms with Crippen LogP contribution in [-0.2, 0) is 4.79 Å². The smallest absolute Gasteiger partial charge is 0.223 e. The Morgan fingerprint density at radius 2 is 2.50 bits per heavy atom. The molecule has 68 valence electrons. The van der Waals surface area contributed by atoms with E-state index in [9.17, 15) is 4.79 Å². The normalized spacial score (nSPS) is 17.5. The average Bonchev–Trinajstić information content (AvgIpc) is 2.06. The van der Waals surface area contributed by atoms with Gasteiger partial charge in [-0.25, -0.2) is 0 Å². The predicted octanol–water partition coefficient (Wildman–Crippen LogP) is 1.48. The molecular formula is C9H15NOS. The van der Waals surface area contributed by atoms with Crippen molar-refractivity contribution in [3.8, 4) is 0 Å². The molecule has 0 spiro atoms. The van der Waals surface area contributed by atoms with E-state index in [1.54, 1.807) is 0 Å². The summed E-state index contributed by atoms with van der Waals surface area (Å²) in [6, 6.07) is 0. The van der Waals surface area contributed by atoms with Crippen LogP contribution in [-0.4, -0.2) is 29.6 Å². The minimum absolute atomic E-state index is 0.230. The zero-order valence-electron chi connectivity index (χ0n) is 7.42. The Bertz CT molecular complexity index is 201. The predicted molar refractivity (Wildman–Crippen MR) is 53.4 cm³/mol. The van der Waals surface area contributed by atoms with Crippen molar-refractivity contribution in [1.82, 2.24) is 4.90 Å². The summed E-state index contributed by atoms with van der Waals surface area (Å²) in [5, 5.41) is 0. The maximum atomic E-state index is 11.4. The first-order chi connectivity index (χ1) is 5.74. The molecule has 1 aliphatic heterocycles. The van der Waals surface area contributed by atoms with Crippen LogP contribution in [0.3, 0.4) is 0 Å². The largest absolute Gasteiger partial charge is 0.339 e. The molecule has 2 nitrogen and oxygen atoms in total. The van der Waals surface area contributed by atoms with Crippen molar-refractivity contribution in [3.63, 3.8) is 0 Å². The van der Waals surface area contributed by atoms with Crippen molar-refractivity contribution >= 4 is 18.5 Å². The van der Waals surface area contributed by atoms with Crippen molar-refractivity contribution < 1.29 is 4.79 Å².